The van der Waals surface area contributed by atoms with E-state index < -0.39 is 23.9 Å². The van der Waals surface area contributed by atoms with E-state index in [0.717, 1.165) is 0 Å². The van der Waals surface area contributed by atoms with Crippen LogP contribution in [0.2, 0.25) is 0 Å². The maximum absolute atomic E-state index is 11.8. The number of rotatable bonds is 6. The fourth-order valence-corrected chi connectivity index (χ4v) is 1.40. The molecular weight excluding hydrogens is 318 g/mol. The largest absolute Gasteiger partial charge is 0.481 e. The van der Waals surface area contributed by atoms with Gasteiger partial charge in [-0.15, -0.1) is 0 Å². The molecule has 0 unspecified atom stereocenters. The van der Waals surface area contributed by atoms with Gasteiger partial charge in [0.25, 0.3) is 5.91 Å². The standard InChI is InChI=1S/C12H14N2O5.Zn/c13-8-3-1-7(2-4-8)11(17)14-9(12(18)19)5-6-10(15)16;/h1-4,9H,5-6,13H2,(H,14,17)(H,15,16)(H,18,19);/t9-;/m1./s1. The molecule has 0 aliphatic heterocycles. The quantitative estimate of drug-likeness (QED) is 0.438. The van der Waals surface area contributed by atoms with Gasteiger partial charge in [-0.25, -0.2) is 4.79 Å². The number of aliphatic carboxylic acids is 2. The van der Waals surface area contributed by atoms with Gasteiger partial charge in [0.05, 0.1) is 0 Å². The third kappa shape index (κ3) is 5.80. The number of hydrogen-bond donors (Lipinski definition) is 4. The Morgan fingerprint density at radius 2 is 1.70 bits per heavy atom. The zero-order valence-corrected chi connectivity index (χ0v) is 13.7. The molecule has 1 aromatic carbocycles. The number of carboxylic acid groups (broad SMARTS) is 2. The maximum Gasteiger partial charge on any atom is 0.326 e. The third-order valence-corrected chi connectivity index (χ3v) is 2.42. The van der Waals surface area contributed by atoms with Gasteiger partial charge in [-0.3, -0.25) is 9.59 Å². The van der Waals surface area contributed by atoms with Crippen LogP contribution in [0.3, 0.4) is 0 Å². The molecule has 0 aliphatic carbocycles. The Bertz CT molecular complexity index is 489. The van der Waals surface area contributed by atoms with Gasteiger partial charge >= 0.3 is 11.9 Å². The summed E-state index contributed by atoms with van der Waals surface area (Å²) in [5, 5.41) is 19.7. The summed E-state index contributed by atoms with van der Waals surface area (Å²) >= 11 is 0. The van der Waals surface area contributed by atoms with Crippen molar-refractivity contribution < 1.29 is 44.1 Å². The number of nitrogens with one attached hydrogen (secondary N) is 1. The Labute approximate surface area is 127 Å². The number of carbonyl (C=O) groups excluding carboxylic acids is 1. The van der Waals surface area contributed by atoms with E-state index in [1.165, 1.54) is 24.3 Å². The van der Waals surface area contributed by atoms with Gasteiger partial charge in [-0.05, 0) is 30.7 Å². The van der Waals surface area contributed by atoms with E-state index in [-0.39, 0.29) is 37.9 Å². The van der Waals surface area contributed by atoms with Crippen molar-refractivity contribution in [1.29, 1.82) is 0 Å². The molecule has 0 saturated heterocycles. The molecule has 1 aromatic rings. The molecule has 5 N–H and O–H groups in total. The van der Waals surface area contributed by atoms with Crippen molar-refractivity contribution in [2.45, 2.75) is 18.9 Å². The van der Waals surface area contributed by atoms with Crippen molar-refractivity contribution in [3.63, 3.8) is 0 Å². The molecular formula is C12H14N2O5Zn. The average Bonchev–Trinajstić information content (AvgIpc) is 2.34. The number of benzene rings is 1. The van der Waals surface area contributed by atoms with E-state index in [9.17, 15) is 14.4 Å². The Kier molecular flexibility index (Phi) is 7.46. The maximum atomic E-state index is 11.8. The monoisotopic (exact) mass is 330 g/mol. The number of amides is 1. The first kappa shape index (κ1) is 18.1. The second kappa shape index (κ2) is 8.27. The van der Waals surface area contributed by atoms with Crippen molar-refractivity contribution in [3.8, 4) is 0 Å². The van der Waals surface area contributed by atoms with Crippen LogP contribution in [0.1, 0.15) is 23.2 Å². The van der Waals surface area contributed by atoms with Crippen LogP contribution in [0.15, 0.2) is 24.3 Å². The molecule has 0 heterocycles. The van der Waals surface area contributed by atoms with E-state index in [0.29, 0.717) is 5.69 Å². The van der Waals surface area contributed by atoms with E-state index >= 15 is 0 Å². The summed E-state index contributed by atoms with van der Waals surface area (Å²) in [6.45, 7) is 0. The summed E-state index contributed by atoms with van der Waals surface area (Å²) in [6, 6.07) is 4.71. The molecule has 0 radical (unpaired) electrons. The van der Waals surface area contributed by atoms with Gasteiger partial charge in [0.15, 0.2) is 0 Å². The van der Waals surface area contributed by atoms with Gasteiger partial charge in [0.2, 0.25) is 0 Å². The first-order valence-corrected chi connectivity index (χ1v) is 5.51. The van der Waals surface area contributed by atoms with Gasteiger partial charge in [0, 0.05) is 37.1 Å². The molecule has 0 bridgehead atoms. The van der Waals surface area contributed by atoms with Crippen LogP contribution in [0, 0.1) is 0 Å². The molecule has 20 heavy (non-hydrogen) atoms. The summed E-state index contributed by atoms with van der Waals surface area (Å²) < 4.78 is 0. The molecule has 1 amide bonds. The molecule has 8 heteroatoms. The summed E-state index contributed by atoms with van der Waals surface area (Å²) in [7, 11) is 0. The van der Waals surface area contributed by atoms with E-state index in [2.05, 4.69) is 5.32 Å². The van der Waals surface area contributed by atoms with Crippen LogP contribution in [0.4, 0.5) is 5.69 Å². The second-order valence-electron chi connectivity index (χ2n) is 3.92. The van der Waals surface area contributed by atoms with Crippen LogP contribution >= 0.6 is 0 Å². The minimum Gasteiger partial charge on any atom is -0.481 e. The molecule has 0 aromatic heterocycles. The van der Waals surface area contributed by atoms with Crippen molar-refractivity contribution in [2.75, 3.05) is 5.73 Å². The Morgan fingerprint density at radius 3 is 2.15 bits per heavy atom. The number of hydrogen-bond acceptors (Lipinski definition) is 4. The van der Waals surface area contributed by atoms with Crippen LogP contribution in [0.5, 0.6) is 0 Å². The number of anilines is 1. The zero-order valence-electron chi connectivity index (χ0n) is 10.7. The molecule has 1 rings (SSSR count). The molecule has 0 aliphatic rings. The first-order valence-electron chi connectivity index (χ1n) is 5.51. The number of nitrogens with two attached hydrogens (primary N) is 1. The first-order chi connectivity index (χ1) is 8.90. The minimum atomic E-state index is -1.27. The van der Waals surface area contributed by atoms with E-state index in [1.54, 1.807) is 0 Å². The van der Waals surface area contributed by atoms with Crippen molar-refractivity contribution >= 4 is 23.5 Å². The van der Waals surface area contributed by atoms with Crippen LogP contribution < -0.4 is 11.1 Å². The van der Waals surface area contributed by atoms with Gasteiger partial charge in [-0.1, -0.05) is 0 Å². The van der Waals surface area contributed by atoms with Crippen LogP contribution in [-0.4, -0.2) is 34.1 Å². The topological polar surface area (TPSA) is 130 Å². The summed E-state index contributed by atoms with van der Waals surface area (Å²) in [5.41, 5.74) is 6.21. The smallest absolute Gasteiger partial charge is 0.326 e. The zero-order chi connectivity index (χ0) is 14.4. The van der Waals surface area contributed by atoms with Gasteiger partial charge in [0.1, 0.15) is 6.04 Å². The van der Waals surface area contributed by atoms with E-state index in [1.807, 2.05) is 0 Å². The Morgan fingerprint density at radius 1 is 1.15 bits per heavy atom. The van der Waals surface area contributed by atoms with Gasteiger partial charge in [-0.2, -0.15) is 0 Å². The third-order valence-electron chi connectivity index (χ3n) is 2.42. The molecule has 1 atom stereocenters. The number of carboxylic acids is 2. The predicted molar refractivity (Wildman–Crippen MR) is 66.6 cm³/mol. The molecule has 0 spiro atoms. The molecule has 7 nitrogen and oxygen atoms in total. The normalized spacial score (nSPS) is 11.0. The Balaban J connectivity index is 0.00000361. The van der Waals surface area contributed by atoms with Crippen molar-refractivity contribution in [1.82, 2.24) is 5.32 Å². The predicted octanol–water partition coefficient (Wildman–Crippen LogP) is 0.314. The minimum absolute atomic E-state index is 0. The summed E-state index contributed by atoms with van der Waals surface area (Å²) in [4.78, 5) is 33.1. The molecule has 104 valence electrons. The summed E-state index contributed by atoms with van der Waals surface area (Å²) in [6.07, 6.45) is -0.510. The molecule has 0 fully saturated rings. The summed E-state index contributed by atoms with van der Waals surface area (Å²) in [5.74, 6) is -2.98. The fourth-order valence-electron chi connectivity index (χ4n) is 1.40. The fraction of sp³-hybridized carbons (Fsp3) is 0.250. The van der Waals surface area contributed by atoms with Crippen molar-refractivity contribution in [3.05, 3.63) is 29.8 Å². The Hall–Kier alpha value is -1.95. The van der Waals surface area contributed by atoms with Crippen molar-refractivity contribution in [2.24, 2.45) is 0 Å². The van der Waals surface area contributed by atoms with E-state index in [4.69, 9.17) is 15.9 Å². The second-order valence-corrected chi connectivity index (χ2v) is 3.92. The average molecular weight is 332 g/mol. The van der Waals surface area contributed by atoms with Crippen LogP contribution in [0.25, 0.3) is 0 Å². The number of carbonyl (C=O) groups is 3. The molecule has 0 saturated carbocycles. The van der Waals surface area contributed by atoms with Gasteiger partial charge < -0.3 is 21.3 Å². The SMILES string of the molecule is Nc1ccc(C(=O)N[C@H](CCC(=O)O)C(=O)O)cc1.[Zn]. The van der Waals surface area contributed by atoms with Crippen LogP contribution in [-0.2, 0) is 29.1 Å². The number of nitrogen functional groups attached to an aromatic ring is 1.